The van der Waals surface area contributed by atoms with Gasteiger partial charge in [0.25, 0.3) is 5.69 Å². The van der Waals surface area contributed by atoms with Crippen LogP contribution in [0, 0.1) is 10.1 Å². The summed E-state index contributed by atoms with van der Waals surface area (Å²) in [7, 11) is -3.65. The SMILES string of the molecule is CCOP(=O)(O)CCOCCNC(=O)OCc1cc(OCc2ccccc2)ccc1[N+](=O)[O-]. The lowest BCUT2D eigenvalue weighted by Crippen LogP contribution is -2.28. The van der Waals surface area contributed by atoms with Crippen molar-refractivity contribution < 1.29 is 37.9 Å². The number of amides is 1. The summed E-state index contributed by atoms with van der Waals surface area (Å²) in [5.74, 6) is 0.407. The smallest absolute Gasteiger partial charge is 0.407 e. The number of nitrogens with zero attached hydrogens (tertiary/aromatic N) is 1. The van der Waals surface area contributed by atoms with E-state index in [-0.39, 0.29) is 57.0 Å². The highest BCUT2D eigenvalue weighted by molar-refractivity contribution is 7.52. The lowest BCUT2D eigenvalue weighted by Gasteiger charge is -2.11. The first kappa shape index (κ1) is 26.3. The molecule has 1 atom stereocenters. The molecule has 0 aliphatic heterocycles. The molecule has 0 aliphatic carbocycles. The molecule has 0 fully saturated rings. The van der Waals surface area contributed by atoms with E-state index < -0.39 is 18.6 Å². The molecular weight excluding hydrogens is 455 g/mol. The van der Waals surface area contributed by atoms with Gasteiger partial charge in [-0.3, -0.25) is 14.7 Å². The number of ether oxygens (including phenoxy) is 3. The van der Waals surface area contributed by atoms with Crippen LogP contribution >= 0.6 is 7.60 Å². The van der Waals surface area contributed by atoms with Gasteiger partial charge in [0.2, 0.25) is 0 Å². The molecule has 0 bridgehead atoms. The Labute approximate surface area is 191 Å². The summed E-state index contributed by atoms with van der Waals surface area (Å²) in [6.07, 6.45) is -0.942. The number of benzene rings is 2. The zero-order valence-electron chi connectivity index (χ0n) is 18.2. The molecule has 2 N–H and O–H groups in total. The normalized spacial score (nSPS) is 12.5. The number of carbonyl (C=O) groups excluding carboxylic acids is 1. The molecule has 12 heteroatoms. The van der Waals surface area contributed by atoms with Crippen LogP contribution in [0.15, 0.2) is 48.5 Å². The van der Waals surface area contributed by atoms with E-state index >= 15 is 0 Å². The van der Waals surface area contributed by atoms with Crippen molar-refractivity contribution >= 4 is 19.4 Å². The first-order chi connectivity index (χ1) is 15.8. The summed E-state index contributed by atoms with van der Waals surface area (Å²) in [6.45, 7) is 1.87. The second-order valence-corrected chi connectivity index (χ2v) is 8.70. The van der Waals surface area contributed by atoms with Crippen molar-refractivity contribution in [2.24, 2.45) is 0 Å². The second kappa shape index (κ2) is 13.5. The highest BCUT2D eigenvalue weighted by atomic mass is 31.2. The lowest BCUT2D eigenvalue weighted by atomic mass is 10.2. The number of carbonyl (C=O) groups is 1. The molecule has 0 saturated heterocycles. The Bertz CT molecular complexity index is 956. The van der Waals surface area contributed by atoms with E-state index in [0.717, 1.165) is 5.56 Å². The molecule has 0 aromatic heterocycles. The van der Waals surface area contributed by atoms with Crippen LogP contribution in [0.4, 0.5) is 10.5 Å². The van der Waals surface area contributed by atoms with Gasteiger partial charge in [-0.05, 0) is 24.6 Å². The van der Waals surface area contributed by atoms with Gasteiger partial charge in [0.15, 0.2) is 0 Å². The maximum atomic E-state index is 11.9. The molecule has 11 nitrogen and oxygen atoms in total. The quantitative estimate of drug-likeness (QED) is 0.178. The van der Waals surface area contributed by atoms with Crippen LogP contribution in [-0.2, 0) is 31.8 Å². The Balaban J connectivity index is 1.78. The molecule has 1 amide bonds. The first-order valence-electron chi connectivity index (χ1n) is 10.2. The first-order valence-corrected chi connectivity index (χ1v) is 12.0. The highest BCUT2D eigenvalue weighted by Crippen LogP contribution is 2.40. The molecule has 1 unspecified atom stereocenters. The largest absolute Gasteiger partial charge is 0.489 e. The third-order valence-electron chi connectivity index (χ3n) is 4.22. The third kappa shape index (κ3) is 10.0. The van der Waals surface area contributed by atoms with Crippen molar-refractivity contribution in [3.05, 3.63) is 69.8 Å². The minimum Gasteiger partial charge on any atom is -0.489 e. The molecule has 0 saturated carbocycles. The minimum atomic E-state index is -3.65. The van der Waals surface area contributed by atoms with Gasteiger partial charge in [0.1, 0.15) is 19.0 Å². The van der Waals surface area contributed by atoms with E-state index in [1.54, 1.807) is 6.92 Å². The van der Waals surface area contributed by atoms with E-state index in [1.165, 1.54) is 18.2 Å². The predicted molar refractivity (Wildman–Crippen MR) is 119 cm³/mol. The van der Waals surface area contributed by atoms with E-state index in [4.69, 9.17) is 18.7 Å². The van der Waals surface area contributed by atoms with Crippen LogP contribution < -0.4 is 10.1 Å². The summed E-state index contributed by atoms with van der Waals surface area (Å²) in [4.78, 5) is 32.0. The van der Waals surface area contributed by atoms with Crippen LogP contribution in [0.1, 0.15) is 18.1 Å². The van der Waals surface area contributed by atoms with Gasteiger partial charge >= 0.3 is 13.7 Å². The molecule has 180 valence electrons. The van der Waals surface area contributed by atoms with Crippen LogP contribution in [0.2, 0.25) is 0 Å². The van der Waals surface area contributed by atoms with E-state index in [9.17, 15) is 24.4 Å². The van der Waals surface area contributed by atoms with Gasteiger partial charge < -0.3 is 28.9 Å². The molecular formula is C21H27N2O9P. The summed E-state index contributed by atoms with van der Waals surface area (Å²) in [5.41, 5.74) is 0.933. The molecule has 2 rings (SSSR count). The third-order valence-corrected chi connectivity index (χ3v) is 5.63. The average Bonchev–Trinajstić information content (AvgIpc) is 2.79. The average molecular weight is 482 g/mol. The van der Waals surface area contributed by atoms with E-state index in [2.05, 4.69) is 5.32 Å². The maximum absolute atomic E-state index is 11.9. The van der Waals surface area contributed by atoms with Gasteiger partial charge in [-0.2, -0.15) is 0 Å². The number of nitro groups is 1. The van der Waals surface area contributed by atoms with Crippen molar-refractivity contribution in [1.82, 2.24) is 5.32 Å². The van der Waals surface area contributed by atoms with Crippen LogP contribution in [0.5, 0.6) is 5.75 Å². The fourth-order valence-corrected chi connectivity index (χ4v) is 3.55. The predicted octanol–water partition coefficient (Wildman–Crippen LogP) is 3.64. The Kier molecular flexibility index (Phi) is 10.8. The summed E-state index contributed by atoms with van der Waals surface area (Å²) < 4.78 is 32.1. The van der Waals surface area contributed by atoms with Gasteiger partial charge in [-0.1, -0.05) is 30.3 Å². The number of nitrogens with one attached hydrogen (secondary N) is 1. The van der Waals surface area contributed by atoms with Gasteiger partial charge in [0, 0.05) is 12.6 Å². The Morgan fingerprint density at radius 3 is 2.61 bits per heavy atom. The molecule has 0 heterocycles. The van der Waals surface area contributed by atoms with Crippen LogP contribution in [0.25, 0.3) is 0 Å². The number of alkyl carbamates (subject to hydrolysis) is 1. The minimum absolute atomic E-state index is 0.00747. The van der Waals surface area contributed by atoms with Gasteiger partial charge in [-0.25, -0.2) is 4.79 Å². The fourth-order valence-electron chi connectivity index (χ4n) is 2.65. The molecule has 0 radical (unpaired) electrons. The standard InChI is InChI=1S/C21H27N2O9P/c1-2-32-33(27,28)13-12-29-11-10-22-21(24)31-16-18-14-19(8-9-20(18)23(25)26)30-15-17-6-4-3-5-7-17/h3-9,14H,2,10-13,15-16H2,1H3,(H,22,24)(H,27,28). The van der Waals surface area contributed by atoms with Crippen molar-refractivity contribution in [3.63, 3.8) is 0 Å². The second-order valence-electron chi connectivity index (χ2n) is 6.72. The molecule has 2 aromatic rings. The lowest BCUT2D eigenvalue weighted by molar-refractivity contribution is -0.385. The monoisotopic (exact) mass is 482 g/mol. The Hall–Kier alpha value is -2.98. The Morgan fingerprint density at radius 1 is 1.15 bits per heavy atom. The number of nitro benzene ring substituents is 1. The van der Waals surface area contributed by atoms with Crippen molar-refractivity contribution in [1.29, 1.82) is 0 Å². The number of hydrogen-bond acceptors (Lipinski definition) is 8. The molecule has 0 aliphatic rings. The topological polar surface area (TPSA) is 146 Å². The van der Waals surface area contributed by atoms with Gasteiger partial charge in [0.05, 0.1) is 36.5 Å². The highest BCUT2D eigenvalue weighted by Gasteiger charge is 2.18. The molecule has 0 spiro atoms. The van der Waals surface area contributed by atoms with E-state index in [0.29, 0.717) is 5.75 Å². The maximum Gasteiger partial charge on any atom is 0.407 e. The van der Waals surface area contributed by atoms with Crippen molar-refractivity contribution in [2.75, 3.05) is 32.5 Å². The van der Waals surface area contributed by atoms with Crippen molar-refractivity contribution in [2.45, 2.75) is 20.1 Å². The Morgan fingerprint density at radius 2 is 1.91 bits per heavy atom. The number of rotatable bonds is 14. The van der Waals surface area contributed by atoms with Gasteiger partial charge in [-0.15, -0.1) is 0 Å². The van der Waals surface area contributed by atoms with Crippen molar-refractivity contribution in [3.8, 4) is 5.75 Å². The van der Waals surface area contributed by atoms with E-state index in [1.807, 2.05) is 30.3 Å². The summed E-state index contributed by atoms with van der Waals surface area (Å²) >= 11 is 0. The number of hydrogen-bond donors (Lipinski definition) is 2. The molecule has 2 aromatic carbocycles. The van der Waals surface area contributed by atoms with Crippen LogP contribution in [-0.4, -0.2) is 48.4 Å². The van der Waals surface area contributed by atoms with Crippen LogP contribution in [0.3, 0.4) is 0 Å². The zero-order chi connectivity index (χ0) is 24.1. The fraction of sp³-hybridized carbons (Fsp3) is 0.381. The summed E-state index contributed by atoms with van der Waals surface area (Å²) in [5, 5.41) is 13.7. The molecule has 33 heavy (non-hydrogen) atoms. The summed E-state index contributed by atoms with van der Waals surface area (Å²) in [6, 6.07) is 13.7. The zero-order valence-corrected chi connectivity index (χ0v) is 19.1.